The summed E-state index contributed by atoms with van der Waals surface area (Å²) in [4.78, 5) is 0. The second kappa shape index (κ2) is 6.15. The van der Waals surface area contributed by atoms with Gasteiger partial charge in [0.15, 0.2) is 7.51 Å². The average molecular weight is 246 g/mol. The molecule has 0 aromatic heterocycles. The lowest BCUT2D eigenvalue weighted by Gasteiger charge is -2.44. The van der Waals surface area contributed by atoms with Gasteiger partial charge in [0.05, 0.1) is 6.54 Å². The molecule has 0 aromatic rings. The Morgan fingerprint density at radius 2 is 1.44 bits per heavy atom. The number of hydrogen-bond acceptors (Lipinski definition) is 4. The summed E-state index contributed by atoms with van der Waals surface area (Å²) in [5, 5.41) is 0. The normalized spacial score (nSPS) is 20.7. The zero-order valence-electron chi connectivity index (χ0n) is 11.5. The van der Waals surface area contributed by atoms with Crippen LogP contribution >= 0.6 is 7.51 Å². The van der Waals surface area contributed by atoms with Gasteiger partial charge < -0.3 is 0 Å². The summed E-state index contributed by atoms with van der Waals surface area (Å²) < 4.78 is 12.6. The fourth-order valence-electron chi connectivity index (χ4n) is 2.56. The Balaban J connectivity index is 3.11. The Morgan fingerprint density at radius 1 is 1.00 bits per heavy atom. The lowest BCUT2D eigenvalue weighted by atomic mass is 10.7. The predicted octanol–water partition coefficient (Wildman–Crippen LogP) is 2.56. The molecule has 1 aliphatic rings. The molecule has 96 valence electrons. The molecule has 0 aliphatic carbocycles. The minimum atomic E-state index is -1.53. The first-order valence-electron chi connectivity index (χ1n) is 6.47. The van der Waals surface area contributed by atoms with Crippen molar-refractivity contribution in [3.05, 3.63) is 0 Å². The van der Waals surface area contributed by atoms with Crippen molar-refractivity contribution in [1.82, 2.24) is 14.0 Å². The van der Waals surface area contributed by atoms with E-state index in [1.165, 1.54) is 0 Å². The van der Waals surface area contributed by atoms with Crippen LogP contribution in [0.1, 0.15) is 27.7 Å². The predicted molar refractivity (Wildman–Crippen MR) is 72.7 cm³/mol. The lowest BCUT2D eigenvalue weighted by Crippen LogP contribution is -2.37. The van der Waals surface area contributed by atoms with E-state index < -0.39 is 7.51 Å². The monoisotopic (exact) mass is 246 g/mol. The van der Waals surface area contributed by atoms with E-state index in [1.54, 1.807) is 0 Å². The Bertz CT molecular complexity index is 243. The minimum Gasteiger partial charge on any atom is -0.259 e. The quantitative estimate of drug-likeness (QED) is 0.672. The molecule has 0 saturated carbocycles. The maximum absolute atomic E-state index is 5.02. The maximum Gasteiger partial charge on any atom is 0.167 e. The molecule has 0 radical (unpaired) electrons. The summed E-state index contributed by atoms with van der Waals surface area (Å²) in [5.74, 6) is 0. The van der Waals surface area contributed by atoms with Gasteiger partial charge in [0.25, 0.3) is 0 Å². The number of hydrogen-bond donors (Lipinski definition) is 0. The summed E-state index contributed by atoms with van der Waals surface area (Å²) in [5.41, 5.74) is 0. The van der Waals surface area contributed by atoms with Crippen LogP contribution in [0.5, 0.6) is 0 Å². The zero-order chi connectivity index (χ0) is 12.2. The highest BCUT2D eigenvalue weighted by Crippen LogP contribution is 2.60. The largest absolute Gasteiger partial charge is 0.259 e. The van der Waals surface area contributed by atoms with E-state index in [0.29, 0.717) is 0 Å². The smallest absolute Gasteiger partial charge is 0.167 e. The van der Waals surface area contributed by atoms with Gasteiger partial charge in [-0.1, -0.05) is 27.7 Å². The number of rotatable bonds is 6. The number of likely N-dealkylation sites (N-methyl/N-ethyl adjacent to an activating group) is 1. The standard InChI is InChI=1S/C11H27N4P/c1-6-14(7-2)16(15(8-3)9-4)12-10-11-13(16)5/h6-11H2,1-5H3. The molecule has 4 nitrogen and oxygen atoms in total. The second-order valence-corrected chi connectivity index (χ2v) is 7.23. The molecule has 0 spiro atoms. The van der Waals surface area contributed by atoms with Gasteiger partial charge in [-0.25, -0.2) is 14.0 Å². The molecule has 0 unspecified atom stereocenters. The molecule has 16 heavy (non-hydrogen) atoms. The van der Waals surface area contributed by atoms with Crippen molar-refractivity contribution in [3.8, 4) is 0 Å². The highest BCUT2D eigenvalue weighted by atomic mass is 31.2. The zero-order valence-corrected chi connectivity index (χ0v) is 12.4. The molecule has 1 heterocycles. The Kier molecular flexibility index (Phi) is 5.45. The van der Waals surface area contributed by atoms with Gasteiger partial charge >= 0.3 is 0 Å². The molecule has 0 N–H and O–H groups in total. The van der Waals surface area contributed by atoms with E-state index in [1.807, 2.05) is 0 Å². The van der Waals surface area contributed by atoms with Gasteiger partial charge in [0, 0.05) is 32.7 Å². The Labute approximate surface area is 101 Å². The lowest BCUT2D eigenvalue weighted by molar-refractivity contribution is 0.368. The number of nitrogens with zero attached hydrogens (tertiary/aromatic N) is 4. The molecular weight excluding hydrogens is 219 g/mol. The van der Waals surface area contributed by atoms with Crippen molar-refractivity contribution in [2.24, 2.45) is 4.74 Å². The topological polar surface area (TPSA) is 22.1 Å². The summed E-state index contributed by atoms with van der Waals surface area (Å²) >= 11 is 0. The minimum absolute atomic E-state index is 0.997. The van der Waals surface area contributed by atoms with E-state index >= 15 is 0 Å². The van der Waals surface area contributed by atoms with Crippen LogP contribution in [-0.2, 0) is 0 Å². The third-order valence-electron chi connectivity index (χ3n) is 3.39. The van der Waals surface area contributed by atoms with Crippen LogP contribution in [0.3, 0.4) is 0 Å². The van der Waals surface area contributed by atoms with Crippen molar-refractivity contribution in [3.63, 3.8) is 0 Å². The molecule has 5 heteroatoms. The van der Waals surface area contributed by atoms with E-state index in [4.69, 9.17) is 4.74 Å². The van der Waals surface area contributed by atoms with Crippen LogP contribution in [0.15, 0.2) is 4.74 Å². The highest BCUT2D eigenvalue weighted by Gasteiger charge is 2.38. The molecule has 0 aromatic carbocycles. The summed E-state index contributed by atoms with van der Waals surface area (Å²) in [6.07, 6.45) is 0. The SMILES string of the molecule is CCN(CC)P1(N(CC)CC)=NCCN1C. The third kappa shape index (κ3) is 2.21. The van der Waals surface area contributed by atoms with Crippen LogP contribution < -0.4 is 0 Å². The van der Waals surface area contributed by atoms with Crippen LogP contribution in [0.4, 0.5) is 0 Å². The van der Waals surface area contributed by atoms with Gasteiger partial charge in [0.2, 0.25) is 0 Å². The van der Waals surface area contributed by atoms with E-state index in [2.05, 4.69) is 48.8 Å². The molecule has 0 fully saturated rings. The van der Waals surface area contributed by atoms with E-state index in [9.17, 15) is 0 Å². The molecule has 1 rings (SSSR count). The molecule has 1 aliphatic heterocycles. The third-order valence-corrected chi connectivity index (χ3v) is 7.74. The average Bonchev–Trinajstić information content (AvgIpc) is 2.66. The summed E-state index contributed by atoms with van der Waals surface area (Å²) in [6.45, 7) is 15.5. The first kappa shape index (κ1) is 14.2. The van der Waals surface area contributed by atoms with Crippen molar-refractivity contribution in [2.45, 2.75) is 27.7 Å². The van der Waals surface area contributed by atoms with Gasteiger partial charge in [-0.05, 0) is 7.05 Å². The summed E-state index contributed by atoms with van der Waals surface area (Å²) in [6, 6.07) is 0. The maximum atomic E-state index is 5.02. The van der Waals surface area contributed by atoms with Gasteiger partial charge in [-0.2, -0.15) is 0 Å². The fourth-order valence-corrected chi connectivity index (χ4v) is 6.59. The summed E-state index contributed by atoms with van der Waals surface area (Å²) in [7, 11) is 0.704. The highest BCUT2D eigenvalue weighted by molar-refractivity contribution is 7.59. The van der Waals surface area contributed by atoms with Crippen molar-refractivity contribution in [1.29, 1.82) is 0 Å². The van der Waals surface area contributed by atoms with Crippen LogP contribution in [0, 0.1) is 0 Å². The second-order valence-electron chi connectivity index (χ2n) is 4.06. The fraction of sp³-hybridized carbons (Fsp3) is 1.00. The van der Waals surface area contributed by atoms with Crippen LogP contribution in [0.25, 0.3) is 0 Å². The van der Waals surface area contributed by atoms with Crippen molar-refractivity contribution >= 4 is 7.51 Å². The van der Waals surface area contributed by atoms with Gasteiger partial charge in [-0.3, -0.25) is 4.74 Å². The molecule has 0 saturated heterocycles. The molecule has 0 amide bonds. The van der Waals surface area contributed by atoms with Crippen molar-refractivity contribution in [2.75, 3.05) is 46.3 Å². The van der Waals surface area contributed by atoms with E-state index in [0.717, 1.165) is 39.3 Å². The van der Waals surface area contributed by atoms with Gasteiger partial charge in [0.1, 0.15) is 0 Å². The van der Waals surface area contributed by atoms with Gasteiger partial charge in [-0.15, -0.1) is 0 Å². The Hall–Kier alpha value is 0.110. The Morgan fingerprint density at radius 3 is 1.69 bits per heavy atom. The van der Waals surface area contributed by atoms with Crippen molar-refractivity contribution < 1.29 is 0 Å². The van der Waals surface area contributed by atoms with E-state index in [-0.39, 0.29) is 0 Å². The van der Waals surface area contributed by atoms with Crippen LogP contribution in [-0.4, -0.2) is 60.3 Å². The first-order chi connectivity index (χ1) is 7.67. The van der Waals surface area contributed by atoms with Crippen LogP contribution in [0.2, 0.25) is 0 Å². The molecule has 0 atom stereocenters. The first-order valence-corrected chi connectivity index (χ1v) is 8.07. The molecule has 0 bridgehead atoms. The molecular formula is C11H27N4P.